The molecule has 3 rings (SSSR count). The molecule has 1 aliphatic heterocycles. The lowest BCUT2D eigenvalue weighted by molar-refractivity contribution is -0.118. The Balaban J connectivity index is 2.12. The van der Waals surface area contributed by atoms with Gasteiger partial charge in [0.25, 0.3) is 5.91 Å². The van der Waals surface area contributed by atoms with Crippen LogP contribution in [-0.4, -0.2) is 29.8 Å². The van der Waals surface area contributed by atoms with E-state index in [1.54, 1.807) is 48.5 Å². The van der Waals surface area contributed by atoms with Crippen LogP contribution in [0.15, 0.2) is 59.9 Å². The van der Waals surface area contributed by atoms with Crippen LogP contribution in [0.1, 0.15) is 38.8 Å². The van der Waals surface area contributed by atoms with Gasteiger partial charge in [0.05, 0.1) is 18.7 Å². The first kappa shape index (κ1) is 22.1. The normalized spacial score (nSPS) is 16.1. The summed E-state index contributed by atoms with van der Waals surface area (Å²) in [6.07, 6.45) is 0.202. The molecule has 162 valence electrons. The second-order valence-electron chi connectivity index (χ2n) is 7.83. The lowest BCUT2D eigenvalue weighted by atomic mass is 9.91. The van der Waals surface area contributed by atoms with Gasteiger partial charge in [-0.15, -0.1) is 0 Å². The minimum absolute atomic E-state index is 0.0622. The molecule has 1 atom stereocenters. The molecule has 0 aromatic heterocycles. The van der Waals surface area contributed by atoms with Crippen LogP contribution in [0.4, 0.5) is 11.4 Å². The van der Waals surface area contributed by atoms with Gasteiger partial charge in [-0.25, -0.2) is 0 Å². The number of ether oxygens (including phenoxy) is 1. The van der Waals surface area contributed by atoms with Crippen molar-refractivity contribution in [3.8, 4) is 5.75 Å². The average Bonchev–Trinajstić information content (AvgIpc) is 2.98. The lowest BCUT2D eigenvalue weighted by Gasteiger charge is -2.28. The molecule has 31 heavy (non-hydrogen) atoms. The maximum atomic E-state index is 13.1. The molecule has 0 saturated carbocycles. The molecule has 0 aliphatic carbocycles. The molecule has 1 heterocycles. The minimum atomic E-state index is -0.832. The van der Waals surface area contributed by atoms with E-state index in [0.29, 0.717) is 22.7 Å². The van der Waals surface area contributed by atoms with Crippen LogP contribution in [-0.2, 0) is 14.4 Å². The first-order valence-electron chi connectivity index (χ1n) is 10.0. The van der Waals surface area contributed by atoms with Crippen molar-refractivity contribution in [2.45, 2.75) is 33.2 Å². The highest BCUT2D eigenvalue weighted by Crippen LogP contribution is 2.44. The molecule has 0 fully saturated rings. The number of ketones is 1. The number of rotatable bonds is 7. The van der Waals surface area contributed by atoms with Gasteiger partial charge >= 0.3 is 0 Å². The first-order valence-corrected chi connectivity index (χ1v) is 10.0. The Hall–Kier alpha value is -3.61. The molecule has 7 nitrogen and oxygen atoms in total. The van der Waals surface area contributed by atoms with Gasteiger partial charge in [-0.1, -0.05) is 32.0 Å². The highest BCUT2D eigenvalue weighted by molar-refractivity contribution is 6.16. The second-order valence-corrected chi connectivity index (χ2v) is 7.83. The van der Waals surface area contributed by atoms with E-state index in [0.717, 1.165) is 0 Å². The Bertz CT molecular complexity index is 1040. The number of Topliss-reactive ketones (excluding diaryl/α,β-unsaturated/α-hetero) is 1. The smallest absolute Gasteiger partial charge is 0.294 e. The van der Waals surface area contributed by atoms with E-state index in [-0.39, 0.29) is 29.6 Å². The molecular formula is C24H26N2O5. The number of nitrogens with one attached hydrogen (secondary N) is 1. The summed E-state index contributed by atoms with van der Waals surface area (Å²) in [4.78, 5) is 38.9. The quantitative estimate of drug-likeness (QED) is 0.698. The van der Waals surface area contributed by atoms with Gasteiger partial charge in [-0.3, -0.25) is 19.3 Å². The van der Waals surface area contributed by atoms with Crippen LogP contribution >= 0.6 is 0 Å². The number of carbonyl (C=O) groups excluding carboxylic acids is 3. The fourth-order valence-corrected chi connectivity index (χ4v) is 3.73. The number of carbonyl (C=O) groups is 3. The third-order valence-corrected chi connectivity index (χ3v) is 5.00. The van der Waals surface area contributed by atoms with E-state index < -0.39 is 17.7 Å². The van der Waals surface area contributed by atoms with Gasteiger partial charge in [0.1, 0.15) is 5.75 Å². The lowest BCUT2D eigenvalue weighted by Crippen LogP contribution is -2.31. The van der Waals surface area contributed by atoms with Gasteiger partial charge in [0.2, 0.25) is 5.91 Å². The third-order valence-electron chi connectivity index (χ3n) is 5.00. The molecule has 7 heteroatoms. The van der Waals surface area contributed by atoms with Crippen LogP contribution in [0.3, 0.4) is 0 Å². The highest BCUT2D eigenvalue weighted by atomic mass is 16.5. The van der Waals surface area contributed by atoms with E-state index in [4.69, 9.17) is 4.74 Å². The van der Waals surface area contributed by atoms with Crippen LogP contribution in [0, 0.1) is 5.92 Å². The van der Waals surface area contributed by atoms with Gasteiger partial charge in [-0.2, -0.15) is 0 Å². The number of hydrogen-bond donors (Lipinski definition) is 2. The third kappa shape index (κ3) is 4.45. The predicted molar refractivity (Wildman–Crippen MR) is 118 cm³/mol. The van der Waals surface area contributed by atoms with Crippen LogP contribution in [0.2, 0.25) is 0 Å². The summed E-state index contributed by atoms with van der Waals surface area (Å²) in [5, 5.41) is 13.4. The standard InChI is InChI=1S/C24H26N2O5/c1-14(2)13-19(28)21-22(18-7-5-6-8-20(18)31-4)26(24(30)23(21)29)17-11-9-16(10-12-17)25-15(3)27/h5-12,14,22,29H,13H2,1-4H3,(H,25,27). The molecule has 0 spiro atoms. The van der Waals surface area contributed by atoms with Crippen molar-refractivity contribution < 1.29 is 24.2 Å². The Kier molecular flexibility index (Phi) is 6.44. The second kappa shape index (κ2) is 9.04. The van der Waals surface area contributed by atoms with E-state index >= 15 is 0 Å². The number of amides is 2. The summed E-state index contributed by atoms with van der Waals surface area (Å²) in [5.41, 5.74) is 1.72. The number of methoxy groups -OCH3 is 1. The summed E-state index contributed by atoms with van der Waals surface area (Å²) >= 11 is 0. The number of aliphatic hydroxyl groups excluding tert-OH is 1. The van der Waals surface area contributed by atoms with E-state index in [2.05, 4.69) is 5.32 Å². The zero-order valence-electron chi connectivity index (χ0n) is 18.0. The van der Waals surface area contributed by atoms with Gasteiger partial charge in [-0.05, 0) is 36.2 Å². The molecule has 0 radical (unpaired) electrons. The summed E-state index contributed by atoms with van der Waals surface area (Å²) in [6, 6.07) is 12.9. The van der Waals surface area contributed by atoms with Crippen molar-refractivity contribution in [3.63, 3.8) is 0 Å². The molecule has 2 aromatic rings. The molecule has 2 amide bonds. The number of hydrogen-bond acceptors (Lipinski definition) is 5. The molecule has 1 unspecified atom stereocenters. The Morgan fingerprint density at radius 1 is 1.13 bits per heavy atom. The van der Waals surface area contributed by atoms with E-state index in [9.17, 15) is 19.5 Å². The zero-order chi connectivity index (χ0) is 22.7. The van der Waals surface area contributed by atoms with Gasteiger partial charge in [0, 0.05) is 30.3 Å². The molecule has 2 aromatic carbocycles. The SMILES string of the molecule is COc1ccccc1C1C(C(=O)CC(C)C)=C(O)C(=O)N1c1ccc(NC(C)=O)cc1. The topological polar surface area (TPSA) is 95.9 Å². The van der Waals surface area contributed by atoms with Crippen LogP contribution in [0.5, 0.6) is 5.75 Å². The average molecular weight is 422 g/mol. The van der Waals surface area contributed by atoms with E-state index in [1.807, 2.05) is 13.8 Å². The molecule has 0 bridgehead atoms. The minimum Gasteiger partial charge on any atom is -0.503 e. The predicted octanol–water partition coefficient (Wildman–Crippen LogP) is 4.17. The molecule has 1 aliphatic rings. The highest BCUT2D eigenvalue weighted by Gasteiger charge is 2.45. The maximum Gasteiger partial charge on any atom is 0.294 e. The Morgan fingerprint density at radius 2 is 1.77 bits per heavy atom. The van der Waals surface area contributed by atoms with Crippen LogP contribution < -0.4 is 15.0 Å². The molecular weight excluding hydrogens is 396 g/mol. The van der Waals surface area contributed by atoms with Crippen molar-refractivity contribution in [2.24, 2.45) is 5.92 Å². The number of nitrogens with zero attached hydrogens (tertiary/aromatic N) is 1. The molecule has 0 saturated heterocycles. The maximum absolute atomic E-state index is 13.1. The van der Waals surface area contributed by atoms with Gasteiger partial charge < -0.3 is 15.2 Å². The van der Waals surface area contributed by atoms with Crippen molar-refractivity contribution in [3.05, 3.63) is 65.4 Å². The largest absolute Gasteiger partial charge is 0.503 e. The van der Waals surface area contributed by atoms with Crippen molar-refractivity contribution in [1.82, 2.24) is 0 Å². The molecule has 2 N–H and O–H groups in total. The fraction of sp³-hybridized carbons (Fsp3) is 0.292. The van der Waals surface area contributed by atoms with Crippen molar-refractivity contribution >= 4 is 29.0 Å². The van der Waals surface area contributed by atoms with Crippen molar-refractivity contribution in [1.29, 1.82) is 0 Å². The van der Waals surface area contributed by atoms with Crippen molar-refractivity contribution in [2.75, 3.05) is 17.3 Å². The number of para-hydroxylation sites is 1. The summed E-state index contributed by atoms with van der Waals surface area (Å²) in [5.74, 6) is -1.13. The summed E-state index contributed by atoms with van der Waals surface area (Å²) in [6.45, 7) is 5.22. The monoisotopic (exact) mass is 422 g/mol. The number of aliphatic hydroxyl groups is 1. The zero-order valence-corrected chi connectivity index (χ0v) is 18.0. The summed E-state index contributed by atoms with van der Waals surface area (Å²) < 4.78 is 5.48. The first-order chi connectivity index (χ1) is 14.7. The Labute approximate surface area is 181 Å². The number of anilines is 2. The van der Waals surface area contributed by atoms with E-state index in [1.165, 1.54) is 18.9 Å². The fourth-order valence-electron chi connectivity index (χ4n) is 3.73. The number of benzene rings is 2. The van der Waals surface area contributed by atoms with Gasteiger partial charge in [0.15, 0.2) is 11.5 Å². The van der Waals surface area contributed by atoms with Crippen LogP contribution in [0.25, 0.3) is 0 Å². The Morgan fingerprint density at radius 3 is 2.35 bits per heavy atom. The summed E-state index contributed by atoms with van der Waals surface area (Å²) in [7, 11) is 1.52.